The molecule has 0 aliphatic heterocycles. The standard InChI is InChI=1S/C12H17Cl2NO2/c1-16-5-3-4-15-8-9-6-10(13)12(17-2)11(14)7-9/h6-7,15H,3-5,8H2,1-2H3. The zero-order valence-corrected chi connectivity index (χ0v) is 11.6. The van der Waals surface area contributed by atoms with Gasteiger partial charge in [-0.15, -0.1) is 0 Å². The molecule has 5 heteroatoms. The van der Waals surface area contributed by atoms with E-state index >= 15 is 0 Å². The van der Waals surface area contributed by atoms with Gasteiger partial charge < -0.3 is 14.8 Å². The highest BCUT2D eigenvalue weighted by atomic mass is 35.5. The van der Waals surface area contributed by atoms with Crippen LogP contribution in [0, 0.1) is 0 Å². The summed E-state index contributed by atoms with van der Waals surface area (Å²) in [4.78, 5) is 0. The van der Waals surface area contributed by atoms with E-state index in [0.717, 1.165) is 31.7 Å². The Balaban J connectivity index is 2.49. The molecule has 0 fully saturated rings. The minimum Gasteiger partial charge on any atom is -0.494 e. The van der Waals surface area contributed by atoms with Crippen molar-refractivity contribution in [3.05, 3.63) is 27.7 Å². The van der Waals surface area contributed by atoms with Gasteiger partial charge in [0.05, 0.1) is 17.2 Å². The number of benzene rings is 1. The topological polar surface area (TPSA) is 30.5 Å². The Bertz CT molecular complexity index is 335. The summed E-state index contributed by atoms with van der Waals surface area (Å²) < 4.78 is 10.1. The fourth-order valence-electron chi connectivity index (χ4n) is 1.48. The zero-order chi connectivity index (χ0) is 12.7. The molecule has 3 nitrogen and oxygen atoms in total. The summed E-state index contributed by atoms with van der Waals surface area (Å²) in [5, 5.41) is 4.36. The van der Waals surface area contributed by atoms with Crippen molar-refractivity contribution in [2.24, 2.45) is 0 Å². The van der Waals surface area contributed by atoms with Crippen LogP contribution in [0.4, 0.5) is 0 Å². The molecule has 0 saturated heterocycles. The molecular formula is C12H17Cl2NO2. The number of methoxy groups -OCH3 is 2. The van der Waals surface area contributed by atoms with E-state index in [2.05, 4.69) is 5.32 Å². The number of ether oxygens (including phenoxy) is 2. The molecule has 0 bridgehead atoms. The van der Waals surface area contributed by atoms with Gasteiger partial charge in [-0.05, 0) is 30.7 Å². The van der Waals surface area contributed by atoms with E-state index in [1.54, 1.807) is 14.2 Å². The second kappa shape index (κ2) is 7.77. The second-order valence-electron chi connectivity index (χ2n) is 3.62. The minimum absolute atomic E-state index is 0.525. The monoisotopic (exact) mass is 277 g/mol. The fraction of sp³-hybridized carbons (Fsp3) is 0.500. The summed E-state index contributed by atoms with van der Waals surface area (Å²) in [6.07, 6.45) is 0.980. The van der Waals surface area contributed by atoms with Crippen LogP contribution in [0.2, 0.25) is 10.0 Å². The molecule has 1 aromatic rings. The smallest absolute Gasteiger partial charge is 0.156 e. The average Bonchev–Trinajstić information content (AvgIpc) is 2.28. The Labute approximate surface area is 112 Å². The van der Waals surface area contributed by atoms with Crippen molar-refractivity contribution in [2.45, 2.75) is 13.0 Å². The van der Waals surface area contributed by atoms with E-state index in [1.807, 2.05) is 12.1 Å². The first-order valence-electron chi connectivity index (χ1n) is 5.40. The molecular weight excluding hydrogens is 261 g/mol. The van der Waals surface area contributed by atoms with Gasteiger partial charge in [-0.2, -0.15) is 0 Å². The first-order chi connectivity index (χ1) is 8.19. The first kappa shape index (κ1) is 14.6. The van der Waals surface area contributed by atoms with Crippen LogP contribution in [-0.4, -0.2) is 27.4 Å². The van der Waals surface area contributed by atoms with Gasteiger partial charge >= 0.3 is 0 Å². The molecule has 0 aliphatic rings. The maximum absolute atomic E-state index is 6.04. The molecule has 0 unspecified atom stereocenters. The maximum atomic E-state index is 6.04. The number of hydrogen-bond acceptors (Lipinski definition) is 3. The lowest BCUT2D eigenvalue weighted by Gasteiger charge is -2.09. The molecule has 0 aromatic heterocycles. The lowest BCUT2D eigenvalue weighted by molar-refractivity contribution is 0.194. The normalized spacial score (nSPS) is 10.6. The number of hydrogen-bond donors (Lipinski definition) is 1. The third-order valence-electron chi connectivity index (χ3n) is 2.29. The molecule has 1 rings (SSSR count). The molecule has 0 heterocycles. The van der Waals surface area contributed by atoms with E-state index in [0.29, 0.717) is 15.8 Å². The summed E-state index contributed by atoms with van der Waals surface area (Å²) in [6.45, 7) is 2.39. The van der Waals surface area contributed by atoms with Crippen LogP contribution < -0.4 is 10.1 Å². The van der Waals surface area contributed by atoms with Gasteiger partial charge in [0.25, 0.3) is 0 Å². The van der Waals surface area contributed by atoms with E-state index in [9.17, 15) is 0 Å². The molecule has 0 spiro atoms. The van der Waals surface area contributed by atoms with Crippen molar-refractivity contribution in [2.75, 3.05) is 27.4 Å². The molecule has 96 valence electrons. The van der Waals surface area contributed by atoms with Crippen molar-refractivity contribution in [3.63, 3.8) is 0 Å². The first-order valence-corrected chi connectivity index (χ1v) is 6.16. The van der Waals surface area contributed by atoms with E-state index in [4.69, 9.17) is 32.7 Å². The van der Waals surface area contributed by atoms with Gasteiger partial charge in [-0.1, -0.05) is 23.2 Å². The molecule has 17 heavy (non-hydrogen) atoms. The number of rotatable bonds is 7. The summed E-state index contributed by atoms with van der Waals surface area (Å²) in [5.41, 5.74) is 1.04. The van der Waals surface area contributed by atoms with Crippen molar-refractivity contribution in [1.82, 2.24) is 5.32 Å². The summed E-state index contributed by atoms with van der Waals surface area (Å²) in [5.74, 6) is 0.525. The summed E-state index contributed by atoms with van der Waals surface area (Å²) >= 11 is 12.1. The molecule has 1 aromatic carbocycles. The van der Waals surface area contributed by atoms with Gasteiger partial charge in [0.15, 0.2) is 5.75 Å². The van der Waals surface area contributed by atoms with E-state index in [-0.39, 0.29) is 0 Å². The third kappa shape index (κ3) is 4.72. The summed E-state index contributed by atoms with van der Waals surface area (Å²) in [7, 11) is 3.25. The molecule has 0 radical (unpaired) electrons. The van der Waals surface area contributed by atoms with Gasteiger partial charge in [0, 0.05) is 20.3 Å². The van der Waals surface area contributed by atoms with Crippen LogP contribution in [0.15, 0.2) is 12.1 Å². The molecule has 0 atom stereocenters. The minimum atomic E-state index is 0.525. The van der Waals surface area contributed by atoms with Crippen molar-refractivity contribution in [1.29, 1.82) is 0 Å². The Morgan fingerprint density at radius 1 is 1.18 bits per heavy atom. The van der Waals surface area contributed by atoms with Crippen molar-refractivity contribution >= 4 is 23.2 Å². The van der Waals surface area contributed by atoms with Gasteiger partial charge in [0.1, 0.15) is 0 Å². The Morgan fingerprint density at radius 2 is 1.82 bits per heavy atom. The second-order valence-corrected chi connectivity index (χ2v) is 4.43. The number of halogens is 2. The fourth-order valence-corrected chi connectivity index (χ4v) is 2.17. The lowest BCUT2D eigenvalue weighted by atomic mass is 10.2. The zero-order valence-electron chi connectivity index (χ0n) is 10.1. The van der Waals surface area contributed by atoms with Gasteiger partial charge in [-0.3, -0.25) is 0 Å². The van der Waals surface area contributed by atoms with Gasteiger partial charge in [0.2, 0.25) is 0 Å². The number of nitrogens with one attached hydrogen (secondary N) is 1. The molecule has 0 aliphatic carbocycles. The Hall–Kier alpha value is -0.480. The Morgan fingerprint density at radius 3 is 2.35 bits per heavy atom. The quantitative estimate of drug-likeness (QED) is 0.777. The highest BCUT2D eigenvalue weighted by Gasteiger charge is 2.07. The van der Waals surface area contributed by atoms with Crippen LogP contribution in [0.25, 0.3) is 0 Å². The largest absolute Gasteiger partial charge is 0.494 e. The van der Waals surface area contributed by atoms with Crippen LogP contribution in [0.5, 0.6) is 5.75 Å². The predicted octanol–water partition coefficient (Wildman–Crippen LogP) is 3.13. The van der Waals surface area contributed by atoms with Crippen LogP contribution >= 0.6 is 23.2 Å². The molecule has 1 N–H and O–H groups in total. The van der Waals surface area contributed by atoms with Crippen LogP contribution in [-0.2, 0) is 11.3 Å². The van der Waals surface area contributed by atoms with Gasteiger partial charge in [-0.25, -0.2) is 0 Å². The molecule has 0 saturated carbocycles. The van der Waals surface area contributed by atoms with Crippen molar-refractivity contribution in [3.8, 4) is 5.75 Å². The van der Waals surface area contributed by atoms with Crippen LogP contribution in [0.1, 0.15) is 12.0 Å². The predicted molar refractivity (Wildman–Crippen MR) is 71.2 cm³/mol. The van der Waals surface area contributed by atoms with Crippen molar-refractivity contribution < 1.29 is 9.47 Å². The highest BCUT2D eigenvalue weighted by Crippen LogP contribution is 2.33. The van der Waals surface area contributed by atoms with Crippen LogP contribution in [0.3, 0.4) is 0 Å². The average molecular weight is 278 g/mol. The highest BCUT2D eigenvalue weighted by molar-refractivity contribution is 6.37. The van der Waals surface area contributed by atoms with E-state index in [1.165, 1.54) is 0 Å². The Kier molecular flexibility index (Phi) is 6.66. The lowest BCUT2D eigenvalue weighted by Crippen LogP contribution is -2.16. The third-order valence-corrected chi connectivity index (χ3v) is 2.85. The summed E-state index contributed by atoms with van der Waals surface area (Å²) in [6, 6.07) is 3.71. The molecule has 0 amide bonds. The van der Waals surface area contributed by atoms with E-state index < -0.39 is 0 Å². The SMILES string of the molecule is COCCCNCc1cc(Cl)c(OC)c(Cl)c1. The maximum Gasteiger partial charge on any atom is 0.156 e.